The van der Waals surface area contributed by atoms with Crippen LogP contribution in [0, 0.1) is 6.92 Å². The molecule has 1 fully saturated rings. The summed E-state index contributed by atoms with van der Waals surface area (Å²) in [6, 6.07) is 4.55. The van der Waals surface area contributed by atoms with Crippen LogP contribution < -0.4 is 0 Å². The van der Waals surface area contributed by atoms with Crippen LogP contribution in [0.2, 0.25) is 0 Å². The Morgan fingerprint density at radius 3 is 2.89 bits per heavy atom. The molecule has 3 rings (SSSR count). The second-order valence-corrected chi connectivity index (χ2v) is 5.72. The molecule has 0 spiro atoms. The molecule has 3 heterocycles. The first-order chi connectivity index (χ1) is 9.19. The van der Waals surface area contributed by atoms with E-state index in [4.69, 9.17) is 16.6 Å². The summed E-state index contributed by atoms with van der Waals surface area (Å²) in [6.07, 6.45) is 1.96. The Balaban J connectivity index is 2.12. The van der Waals surface area contributed by atoms with E-state index in [1.165, 1.54) is 0 Å². The lowest BCUT2D eigenvalue weighted by Crippen LogP contribution is -2.18. The fourth-order valence-electron chi connectivity index (χ4n) is 2.88. The fraction of sp³-hybridized carbons (Fsp3) is 0.571. The molecule has 5 heteroatoms. The molecule has 0 N–H and O–H groups in total. The quantitative estimate of drug-likeness (QED) is 0.809. The minimum Gasteiger partial charge on any atom is -0.308 e. The van der Waals surface area contributed by atoms with E-state index in [-0.39, 0.29) is 0 Å². The van der Waals surface area contributed by atoms with Crippen molar-refractivity contribution in [3.05, 3.63) is 23.7 Å². The summed E-state index contributed by atoms with van der Waals surface area (Å²) >= 11 is 5.92. The average Bonchev–Trinajstić information content (AvgIpc) is 2.93. The van der Waals surface area contributed by atoms with Gasteiger partial charge < -0.3 is 9.47 Å². The van der Waals surface area contributed by atoms with Gasteiger partial charge in [-0.15, -0.1) is 11.6 Å². The Labute approximate surface area is 118 Å². The number of hydrogen-bond acceptors (Lipinski definition) is 3. The molecule has 1 atom stereocenters. The molecule has 1 unspecified atom stereocenters. The van der Waals surface area contributed by atoms with Crippen molar-refractivity contribution in [2.24, 2.45) is 0 Å². The number of rotatable bonds is 3. The number of hydrogen-bond donors (Lipinski definition) is 0. The molecular formula is C14H19ClN4. The topological polar surface area (TPSA) is 34.0 Å². The Hall–Kier alpha value is -1.13. The molecule has 0 aromatic carbocycles. The maximum atomic E-state index is 5.92. The second-order valence-electron chi connectivity index (χ2n) is 5.34. The van der Waals surface area contributed by atoms with Crippen molar-refractivity contribution in [3.8, 4) is 0 Å². The van der Waals surface area contributed by atoms with Gasteiger partial charge in [-0.25, -0.2) is 9.97 Å². The molecule has 2 aromatic heterocycles. The molecule has 1 saturated heterocycles. The molecule has 4 nitrogen and oxygen atoms in total. The lowest BCUT2D eigenvalue weighted by atomic mass is 10.2. The van der Waals surface area contributed by atoms with E-state index in [2.05, 4.69) is 27.6 Å². The van der Waals surface area contributed by atoms with E-state index in [1.54, 1.807) is 0 Å². The lowest BCUT2D eigenvalue weighted by molar-refractivity contribution is 0.392. The predicted octanol–water partition coefficient (Wildman–Crippen LogP) is 2.40. The zero-order valence-corrected chi connectivity index (χ0v) is 12.2. The van der Waals surface area contributed by atoms with Gasteiger partial charge >= 0.3 is 0 Å². The number of pyridine rings is 1. The summed E-state index contributed by atoms with van der Waals surface area (Å²) in [7, 11) is 2.17. The highest BCUT2D eigenvalue weighted by Crippen LogP contribution is 2.27. The molecule has 0 aliphatic carbocycles. The van der Waals surface area contributed by atoms with Crippen LogP contribution in [0.4, 0.5) is 0 Å². The summed E-state index contributed by atoms with van der Waals surface area (Å²) in [5.41, 5.74) is 3.04. The molecule has 102 valence electrons. The summed E-state index contributed by atoms with van der Waals surface area (Å²) in [5.74, 6) is 1.67. The predicted molar refractivity (Wildman–Crippen MR) is 77.8 cm³/mol. The SMILES string of the molecule is Cc1ccc2nc(CCCl)n(C3CCN(C)C3)c2n1. The van der Waals surface area contributed by atoms with E-state index in [0.29, 0.717) is 11.9 Å². The molecule has 1 aliphatic rings. The number of likely N-dealkylation sites (N-methyl/N-ethyl adjacent to an activating group) is 1. The van der Waals surface area contributed by atoms with Gasteiger partial charge in [0.25, 0.3) is 0 Å². The van der Waals surface area contributed by atoms with Gasteiger partial charge in [0.1, 0.15) is 11.3 Å². The van der Waals surface area contributed by atoms with Gasteiger partial charge in [-0.2, -0.15) is 0 Å². The first-order valence-corrected chi connectivity index (χ1v) is 7.31. The third kappa shape index (κ3) is 2.35. The maximum absolute atomic E-state index is 5.92. The smallest absolute Gasteiger partial charge is 0.160 e. The minimum atomic E-state index is 0.475. The Kier molecular flexibility index (Phi) is 3.46. The van der Waals surface area contributed by atoms with Gasteiger partial charge in [0.15, 0.2) is 5.65 Å². The Morgan fingerprint density at radius 1 is 1.37 bits per heavy atom. The summed E-state index contributed by atoms with van der Waals surface area (Å²) in [6.45, 7) is 4.23. The van der Waals surface area contributed by atoms with Crippen LogP contribution in [0.15, 0.2) is 12.1 Å². The first kappa shape index (κ1) is 12.9. The molecule has 0 radical (unpaired) electrons. The monoisotopic (exact) mass is 278 g/mol. The molecule has 2 aromatic rings. The van der Waals surface area contributed by atoms with Crippen molar-refractivity contribution in [1.29, 1.82) is 0 Å². The number of likely N-dealkylation sites (tertiary alicyclic amines) is 1. The van der Waals surface area contributed by atoms with Crippen LogP contribution in [0.25, 0.3) is 11.2 Å². The number of alkyl halides is 1. The molecule has 19 heavy (non-hydrogen) atoms. The van der Waals surface area contributed by atoms with Crippen molar-refractivity contribution in [3.63, 3.8) is 0 Å². The highest BCUT2D eigenvalue weighted by atomic mass is 35.5. The highest BCUT2D eigenvalue weighted by molar-refractivity contribution is 6.17. The van der Waals surface area contributed by atoms with Gasteiger partial charge in [0.05, 0.1) is 6.04 Å². The van der Waals surface area contributed by atoms with Gasteiger partial charge in [-0.3, -0.25) is 0 Å². The number of halogens is 1. The van der Waals surface area contributed by atoms with E-state index >= 15 is 0 Å². The molecular weight excluding hydrogens is 260 g/mol. The standard InChI is InChI=1S/C14H19ClN4/c1-10-3-4-12-14(16-10)19(13(17-12)5-7-15)11-6-8-18(2)9-11/h3-4,11H,5-9H2,1-2H3. The van der Waals surface area contributed by atoms with Gasteiger partial charge in [-0.1, -0.05) is 0 Å². The molecule has 0 saturated carbocycles. The van der Waals surface area contributed by atoms with Gasteiger partial charge in [0.2, 0.25) is 0 Å². The zero-order chi connectivity index (χ0) is 13.4. The zero-order valence-electron chi connectivity index (χ0n) is 11.4. The Morgan fingerprint density at radius 2 is 2.21 bits per heavy atom. The van der Waals surface area contributed by atoms with Crippen molar-refractivity contribution >= 4 is 22.8 Å². The van der Waals surface area contributed by atoms with Crippen molar-refractivity contribution in [1.82, 2.24) is 19.4 Å². The average molecular weight is 279 g/mol. The van der Waals surface area contributed by atoms with Crippen LogP contribution in [-0.4, -0.2) is 45.5 Å². The van der Waals surface area contributed by atoms with Crippen molar-refractivity contribution < 1.29 is 0 Å². The largest absolute Gasteiger partial charge is 0.308 e. The maximum Gasteiger partial charge on any atom is 0.160 e. The highest BCUT2D eigenvalue weighted by Gasteiger charge is 2.25. The van der Waals surface area contributed by atoms with Crippen LogP contribution in [0.1, 0.15) is 24.0 Å². The lowest BCUT2D eigenvalue weighted by Gasteiger charge is -2.16. The normalized spacial score (nSPS) is 20.5. The third-order valence-electron chi connectivity index (χ3n) is 3.80. The Bertz CT molecular complexity index is 592. The minimum absolute atomic E-state index is 0.475. The number of fused-ring (bicyclic) bond motifs is 1. The van der Waals surface area contributed by atoms with E-state index in [9.17, 15) is 0 Å². The van der Waals surface area contributed by atoms with Crippen molar-refractivity contribution in [2.45, 2.75) is 25.8 Å². The molecule has 1 aliphatic heterocycles. The number of nitrogens with zero attached hydrogens (tertiary/aromatic N) is 4. The summed E-state index contributed by atoms with van der Waals surface area (Å²) < 4.78 is 2.31. The first-order valence-electron chi connectivity index (χ1n) is 6.78. The van der Waals surface area contributed by atoms with E-state index in [1.807, 2.05) is 13.0 Å². The number of aromatic nitrogens is 3. The van der Waals surface area contributed by atoms with Gasteiger partial charge in [-0.05, 0) is 39.1 Å². The van der Waals surface area contributed by atoms with Crippen LogP contribution in [0.5, 0.6) is 0 Å². The summed E-state index contributed by atoms with van der Waals surface area (Å²) in [5, 5.41) is 0. The number of aryl methyl sites for hydroxylation is 2. The van der Waals surface area contributed by atoms with E-state index < -0.39 is 0 Å². The van der Waals surface area contributed by atoms with Crippen LogP contribution in [-0.2, 0) is 6.42 Å². The van der Waals surface area contributed by atoms with Crippen LogP contribution in [0.3, 0.4) is 0 Å². The molecule has 0 bridgehead atoms. The van der Waals surface area contributed by atoms with E-state index in [0.717, 1.165) is 48.6 Å². The van der Waals surface area contributed by atoms with Gasteiger partial charge in [0, 0.05) is 24.5 Å². The van der Waals surface area contributed by atoms with Crippen LogP contribution >= 0.6 is 11.6 Å². The third-order valence-corrected chi connectivity index (χ3v) is 3.99. The summed E-state index contributed by atoms with van der Waals surface area (Å²) in [4.78, 5) is 11.8. The fourth-order valence-corrected chi connectivity index (χ4v) is 3.05. The molecule has 0 amide bonds. The van der Waals surface area contributed by atoms with Crippen molar-refractivity contribution in [2.75, 3.05) is 26.0 Å². The number of imidazole rings is 1. The second kappa shape index (κ2) is 5.10.